The lowest BCUT2D eigenvalue weighted by Crippen LogP contribution is -2.32. The molecule has 0 bridgehead atoms. The van der Waals surface area contributed by atoms with Crippen LogP contribution in [-0.4, -0.2) is 17.5 Å². The SMILES string of the molecule is O=C([O-])CC1CCC(F)CC1Cl. The van der Waals surface area contributed by atoms with E-state index in [9.17, 15) is 14.3 Å². The predicted octanol–water partition coefficient (Wildman–Crippen LogP) is 0.872. The van der Waals surface area contributed by atoms with Gasteiger partial charge in [0, 0.05) is 11.3 Å². The van der Waals surface area contributed by atoms with E-state index in [0.29, 0.717) is 12.8 Å². The van der Waals surface area contributed by atoms with Crippen LogP contribution in [0, 0.1) is 5.92 Å². The van der Waals surface area contributed by atoms with Crippen molar-refractivity contribution in [2.75, 3.05) is 0 Å². The molecule has 70 valence electrons. The average molecular weight is 194 g/mol. The fraction of sp³-hybridized carbons (Fsp3) is 0.875. The summed E-state index contributed by atoms with van der Waals surface area (Å²) in [6, 6.07) is 0. The van der Waals surface area contributed by atoms with Crippen LogP contribution in [0.5, 0.6) is 0 Å². The second kappa shape index (κ2) is 4.08. The molecule has 1 saturated carbocycles. The number of rotatable bonds is 2. The van der Waals surface area contributed by atoms with Gasteiger partial charge in [0.15, 0.2) is 0 Å². The van der Waals surface area contributed by atoms with Crippen LogP contribution >= 0.6 is 11.6 Å². The van der Waals surface area contributed by atoms with Crippen LogP contribution in [0.1, 0.15) is 25.7 Å². The second-order valence-electron chi connectivity index (χ2n) is 3.26. The van der Waals surface area contributed by atoms with Gasteiger partial charge in [0.1, 0.15) is 6.17 Å². The maximum Gasteiger partial charge on any atom is 0.102 e. The molecular weight excluding hydrogens is 183 g/mol. The van der Waals surface area contributed by atoms with Crippen LogP contribution in [-0.2, 0) is 4.79 Å². The highest BCUT2D eigenvalue weighted by Gasteiger charge is 2.28. The standard InChI is InChI=1S/C8H12ClFO2/c9-7-4-6(10)2-1-5(7)3-8(11)12/h5-7H,1-4H2,(H,11,12)/p-1. The number of hydrogen-bond donors (Lipinski definition) is 0. The molecule has 0 aromatic carbocycles. The number of carbonyl (C=O) groups is 1. The van der Waals surface area contributed by atoms with E-state index in [4.69, 9.17) is 11.6 Å². The van der Waals surface area contributed by atoms with Crippen LogP contribution in [0.25, 0.3) is 0 Å². The molecule has 12 heavy (non-hydrogen) atoms. The normalized spacial score (nSPS) is 36.3. The Labute approximate surface area is 75.7 Å². The Hall–Kier alpha value is -0.310. The van der Waals surface area contributed by atoms with Gasteiger partial charge in [0.25, 0.3) is 0 Å². The molecule has 1 aliphatic rings. The highest BCUT2D eigenvalue weighted by atomic mass is 35.5. The van der Waals surface area contributed by atoms with Gasteiger partial charge in [-0.3, -0.25) is 0 Å². The van der Waals surface area contributed by atoms with E-state index >= 15 is 0 Å². The van der Waals surface area contributed by atoms with Crippen molar-refractivity contribution in [1.29, 1.82) is 0 Å². The highest BCUT2D eigenvalue weighted by Crippen LogP contribution is 2.32. The molecule has 0 heterocycles. The molecule has 2 nitrogen and oxygen atoms in total. The monoisotopic (exact) mass is 193 g/mol. The van der Waals surface area contributed by atoms with E-state index in [1.54, 1.807) is 0 Å². The number of carbonyl (C=O) groups excluding carboxylic acids is 1. The minimum atomic E-state index is -1.09. The van der Waals surface area contributed by atoms with Crippen molar-refractivity contribution in [2.24, 2.45) is 5.92 Å². The van der Waals surface area contributed by atoms with Crippen molar-refractivity contribution < 1.29 is 14.3 Å². The van der Waals surface area contributed by atoms with Crippen molar-refractivity contribution in [3.05, 3.63) is 0 Å². The van der Waals surface area contributed by atoms with Crippen LogP contribution in [0.3, 0.4) is 0 Å². The minimum absolute atomic E-state index is 0.0408. The molecule has 1 rings (SSSR count). The Morgan fingerprint density at radius 1 is 1.58 bits per heavy atom. The summed E-state index contributed by atoms with van der Waals surface area (Å²) >= 11 is 5.79. The predicted molar refractivity (Wildman–Crippen MR) is 41.5 cm³/mol. The van der Waals surface area contributed by atoms with E-state index in [-0.39, 0.29) is 24.1 Å². The summed E-state index contributed by atoms with van der Waals surface area (Å²) in [6.45, 7) is 0. The van der Waals surface area contributed by atoms with E-state index in [1.165, 1.54) is 0 Å². The summed E-state index contributed by atoms with van der Waals surface area (Å²) in [4.78, 5) is 10.2. The quantitative estimate of drug-likeness (QED) is 0.611. The lowest BCUT2D eigenvalue weighted by Gasteiger charge is -2.29. The number of halogens is 2. The zero-order valence-corrected chi connectivity index (χ0v) is 7.39. The zero-order valence-electron chi connectivity index (χ0n) is 6.63. The van der Waals surface area contributed by atoms with Crippen molar-refractivity contribution in [3.63, 3.8) is 0 Å². The first-order valence-corrected chi connectivity index (χ1v) is 4.51. The third-order valence-corrected chi connectivity index (χ3v) is 2.81. The fourth-order valence-corrected chi connectivity index (χ4v) is 1.98. The molecule has 1 aliphatic carbocycles. The molecule has 0 saturated heterocycles. The minimum Gasteiger partial charge on any atom is -0.550 e. The molecule has 4 heteroatoms. The van der Waals surface area contributed by atoms with Crippen LogP contribution in [0.15, 0.2) is 0 Å². The number of carboxylic acid groups (broad SMARTS) is 1. The summed E-state index contributed by atoms with van der Waals surface area (Å²) in [5, 5.41) is 9.89. The van der Waals surface area contributed by atoms with E-state index in [1.807, 2.05) is 0 Å². The van der Waals surface area contributed by atoms with Crippen LogP contribution < -0.4 is 5.11 Å². The Bertz CT molecular complexity index is 174. The fourth-order valence-electron chi connectivity index (χ4n) is 1.57. The number of aliphatic carboxylic acids is 1. The molecule has 0 aliphatic heterocycles. The van der Waals surface area contributed by atoms with Gasteiger partial charge in [0.05, 0.1) is 0 Å². The van der Waals surface area contributed by atoms with E-state index in [0.717, 1.165) is 0 Å². The van der Waals surface area contributed by atoms with Gasteiger partial charge in [-0.05, 0) is 31.6 Å². The van der Waals surface area contributed by atoms with Gasteiger partial charge in [-0.25, -0.2) is 4.39 Å². The molecule has 1 fully saturated rings. The summed E-state index contributed by atoms with van der Waals surface area (Å²) in [7, 11) is 0. The smallest absolute Gasteiger partial charge is 0.102 e. The molecule has 0 amide bonds. The van der Waals surface area contributed by atoms with Crippen molar-refractivity contribution in [3.8, 4) is 0 Å². The third kappa shape index (κ3) is 2.63. The Balaban J connectivity index is 2.39. The summed E-state index contributed by atoms with van der Waals surface area (Å²) in [6.07, 6.45) is 0.371. The molecular formula is C8H11ClFO2-. The Kier molecular flexibility index (Phi) is 3.32. The lowest BCUT2D eigenvalue weighted by atomic mass is 9.85. The van der Waals surface area contributed by atoms with E-state index < -0.39 is 12.1 Å². The zero-order chi connectivity index (χ0) is 9.14. The van der Waals surface area contributed by atoms with Crippen molar-refractivity contribution >= 4 is 17.6 Å². The lowest BCUT2D eigenvalue weighted by molar-refractivity contribution is -0.307. The highest BCUT2D eigenvalue weighted by molar-refractivity contribution is 6.21. The second-order valence-corrected chi connectivity index (χ2v) is 3.82. The topological polar surface area (TPSA) is 40.1 Å². The van der Waals surface area contributed by atoms with Gasteiger partial charge >= 0.3 is 0 Å². The average Bonchev–Trinajstić information content (AvgIpc) is 1.94. The first-order chi connectivity index (χ1) is 5.59. The van der Waals surface area contributed by atoms with Gasteiger partial charge < -0.3 is 9.90 Å². The third-order valence-electron chi connectivity index (χ3n) is 2.27. The molecule has 0 aromatic heterocycles. The molecule has 0 spiro atoms. The summed E-state index contributed by atoms with van der Waals surface area (Å²) in [5.41, 5.74) is 0. The van der Waals surface area contributed by atoms with Crippen molar-refractivity contribution in [2.45, 2.75) is 37.2 Å². The molecule has 0 aromatic rings. The largest absolute Gasteiger partial charge is 0.550 e. The van der Waals surface area contributed by atoms with Gasteiger partial charge in [-0.2, -0.15) is 0 Å². The van der Waals surface area contributed by atoms with Crippen LogP contribution in [0.2, 0.25) is 0 Å². The van der Waals surface area contributed by atoms with Gasteiger partial charge in [-0.1, -0.05) is 0 Å². The molecule has 3 unspecified atom stereocenters. The van der Waals surface area contributed by atoms with E-state index in [2.05, 4.69) is 0 Å². The summed E-state index contributed by atoms with van der Waals surface area (Å²) in [5.74, 6) is -1.20. The molecule has 0 N–H and O–H groups in total. The molecule has 3 atom stereocenters. The maximum atomic E-state index is 12.7. The van der Waals surface area contributed by atoms with Crippen molar-refractivity contribution in [1.82, 2.24) is 0 Å². The van der Waals surface area contributed by atoms with Gasteiger partial charge in [0.2, 0.25) is 0 Å². The van der Waals surface area contributed by atoms with Gasteiger partial charge in [-0.15, -0.1) is 11.6 Å². The summed E-state index contributed by atoms with van der Waals surface area (Å²) < 4.78 is 12.7. The Morgan fingerprint density at radius 3 is 2.75 bits per heavy atom. The molecule has 0 radical (unpaired) electrons. The Morgan fingerprint density at radius 2 is 2.25 bits per heavy atom. The first-order valence-electron chi connectivity index (χ1n) is 4.07. The maximum absolute atomic E-state index is 12.7. The first kappa shape index (κ1) is 9.78. The number of hydrogen-bond acceptors (Lipinski definition) is 2. The van der Waals surface area contributed by atoms with Crippen LogP contribution in [0.4, 0.5) is 4.39 Å². The number of alkyl halides is 2. The number of carboxylic acids is 1.